The Morgan fingerprint density at radius 2 is 0.820 bits per heavy atom. The van der Waals surface area contributed by atoms with E-state index >= 15 is 0 Å². The zero-order chi connectivity index (χ0) is 75.5. The number of aliphatic carboxylic acids is 1. The van der Waals surface area contributed by atoms with Gasteiger partial charge in [-0.1, -0.05) is 62.7 Å². The molecule has 100 heavy (non-hydrogen) atoms. The number of carbonyl (C=O) groups excluding carboxylic acids is 15. The number of aliphatic hydroxyl groups is 4. The molecule has 0 radical (unpaired) electrons. The number of primary amides is 3. The predicted molar refractivity (Wildman–Crippen MR) is 350 cm³/mol. The molecule has 0 spiro atoms. The van der Waals surface area contributed by atoms with Crippen molar-refractivity contribution >= 4 is 94.6 Å². The maximum absolute atomic E-state index is 14.5. The van der Waals surface area contributed by atoms with Crippen LogP contribution in [0.15, 0.2) is 54.6 Å². The molecular weight excluding hydrogens is 1320 g/mol. The van der Waals surface area contributed by atoms with Gasteiger partial charge in [-0.25, -0.2) is 0 Å². The largest absolute Gasteiger partial charge is 0.508 e. The molecule has 26 N–H and O–H groups in total. The lowest BCUT2D eigenvalue weighted by atomic mass is 9.97. The summed E-state index contributed by atoms with van der Waals surface area (Å²) in [6.45, 7) is 3.32. The van der Waals surface area contributed by atoms with E-state index in [1.807, 2.05) is 0 Å². The van der Waals surface area contributed by atoms with Gasteiger partial charge in [0.25, 0.3) is 0 Å². The summed E-state index contributed by atoms with van der Waals surface area (Å²) < 4.78 is 0. The van der Waals surface area contributed by atoms with Gasteiger partial charge in [-0.2, -0.15) is 0 Å². The van der Waals surface area contributed by atoms with Crippen LogP contribution in [0.25, 0.3) is 0 Å². The second-order valence-corrected chi connectivity index (χ2v) is 23.5. The molecule has 0 aliphatic heterocycles. The average Bonchev–Trinajstić information content (AvgIpc) is 0.873. The van der Waals surface area contributed by atoms with Gasteiger partial charge in [0, 0.05) is 32.6 Å². The van der Waals surface area contributed by atoms with Crippen LogP contribution in [0.5, 0.6) is 5.75 Å². The predicted octanol–water partition coefficient (Wildman–Crippen LogP) is -8.94. The third kappa shape index (κ3) is 30.5. The van der Waals surface area contributed by atoms with E-state index in [1.54, 1.807) is 32.0 Å². The van der Waals surface area contributed by atoms with E-state index in [2.05, 4.69) is 63.8 Å². The summed E-state index contributed by atoms with van der Waals surface area (Å²) in [7, 11) is 0. The number of unbranched alkanes of at least 4 members (excludes halogenated alkanes) is 1. The Bertz CT molecular complexity index is 3160. The van der Waals surface area contributed by atoms with E-state index < -0.39 is 237 Å². The van der Waals surface area contributed by atoms with Crippen molar-refractivity contribution in [3.8, 4) is 5.75 Å². The summed E-state index contributed by atoms with van der Waals surface area (Å²) >= 11 is 0. The fraction of sp³-hybridized carbons (Fsp3) is 0.548. The van der Waals surface area contributed by atoms with E-state index in [4.69, 9.17) is 28.0 Å². The maximum Gasteiger partial charge on any atom is 0.303 e. The van der Waals surface area contributed by atoms with Crippen LogP contribution in [0.2, 0.25) is 0 Å². The van der Waals surface area contributed by atoms with Crippen molar-refractivity contribution in [1.82, 2.24) is 63.8 Å². The molecule has 0 aliphatic rings. The van der Waals surface area contributed by atoms with E-state index in [-0.39, 0.29) is 43.5 Å². The Morgan fingerprint density at radius 3 is 1.27 bits per heavy atom. The molecule has 15 amide bonds. The zero-order valence-electron chi connectivity index (χ0n) is 55.9. The maximum atomic E-state index is 14.5. The van der Waals surface area contributed by atoms with Crippen molar-refractivity contribution in [3.05, 3.63) is 65.7 Å². The van der Waals surface area contributed by atoms with E-state index in [0.717, 1.165) is 13.8 Å². The summed E-state index contributed by atoms with van der Waals surface area (Å²) in [5, 5.41) is 88.7. The lowest BCUT2D eigenvalue weighted by Gasteiger charge is -2.29. The Hall–Kier alpha value is -10.4. The Balaban J connectivity index is 2.50. The molecule has 0 aliphatic carbocycles. The molecule has 38 nitrogen and oxygen atoms in total. The number of nitrogens with two attached hydrogens (primary N) is 4. The Morgan fingerprint density at radius 1 is 0.430 bits per heavy atom. The minimum absolute atomic E-state index is 0.0979. The quantitative estimate of drug-likeness (QED) is 0.0274. The number of rotatable bonds is 46. The number of carbonyl (C=O) groups is 16. The molecule has 2 rings (SSSR count). The first kappa shape index (κ1) is 85.6. The van der Waals surface area contributed by atoms with Crippen molar-refractivity contribution in [3.63, 3.8) is 0 Å². The number of aliphatic hydroxyl groups excluding tert-OH is 4. The summed E-state index contributed by atoms with van der Waals surface area (Å²) in [5.41, 5.74) is 22.4. The number of aromatic hydroxyl groups is 1. The highest BCUT2D eigenvalue weighted by Gasteiger charge is 2.38. The second kappa shape index (κ2) is 43.8. The van der Waals surface area contributed by atoms with Crippen LogP contribution in [0, 0.1) is 5.92 Å². The van der Waals surface area contributed by atoms with E-state index in [0.29, 0.717) is 12.0 Å². The van der Waals surface area contributed by atoms with Crippen molar-refractivity contribution in [2.75, 3.05) is 26.4 Å². The van der Waals surface area contributed by atoms with Crippen molar-refractivity contribution < 1.29 is 107 Å². The molecule has 2 aromatic carbocycles. The molecule has 38 heteroatoms. The molecule has 0 fully saturated rings. The van der Waals surface area contributed by atoms with E-state index in [9.17, 15) is 102 Å². The number of carboxylic acids is 1. The third-order valence-electron chi connectivity index (χ3n) is 15.3. The summed E-state index contributed by atoms with van der Waals surface area (Å²) in [6, 6.07) is -7.49. The fourth-order valence-corrected chi connectivity index (χ4v) is 9.44. The number of amides is 15. The first-order valence-corrected chi connectivity index (χ1v) is 31.8. The highest BCUT2D eigenvalue weighted by Crippen LogP contribution is 2.15. The van der Waals surface area contributed by atoms with E-state index in [1.165, 1.54) is 43.3 Å². The lowest BCUT2D eigenvalue weighted by molar-refractivity contribution is -0.138. The topological polar surface area (TPSA) is 643 Å². The Labute approximate surface area is 574 Å². The molecule has 0 heterocycles. The van der Waals surface area contributed by atoms with Gasteiger partial charge >= 0.3 is 5.97 Å². The fourth-order valence-electron chi connectivity index (χ4n) is 9.44. The van der Waals surface area contributed by atoms with Crippen LogP contribution >= 0.6 is 0 Å². The molecule has 2 aromatic rings. The molecule has 0 unspecified atom stereocenters. The van der Waals surface area contributed by atoms with Crippen LogP contribution < -0.4 is 86.7 Å². The van der Waals surface area contributed by atoms with Gasteiger partial charge in [0.15, 0.2) is 0 Å². The highest BCUT2D eigenvalue weighted by atomic mass is 16.4. The number of benzene rings is 2. The number of hydrogen-bond acceptors (Lipinski definition) is 22. The van der Waals surface area contributed by atoms with Crippen LogP contribution in [-0.2, 0) is 89.6 Å². The van der Waals surface area contributed by atoms with Gasteiger partial charge in [0.05, 0.1) is 32.3 Å². The lowest BCUT2D eigenvalue weighted by Crippen LogP contribution is -2.62. The zero-order valence-corrected chi connectivity index (χ0v) is 55.9. The van der Waals surface area contributed by atoms with Gasteiger partial charge < -0.3 is 117 Å². The smallest absolute Gasteiger partial charge is 0.303 e. The van der Waals surface area contributed by atoms with Crippen molar-refractivity contribution in [2.45, 2.75) is 184 Å². The van der Waals surface area contributed by atoms with Gasteiger partial charge in [0.2, 0.25) is 88.6 Å². The molecule has 0 bridgehead atoms. The number of phenols is 1. The normalized spacial score (nSPS) is 15.2. The molecular formula is C62H94N16O22. The summed E-state index contributed by atoms with van der Waals surface area (Å²) in [4.78, 5) is 211. The molecule has 554 valence electrons. The van der Waals surface area contributed by atoms with Gasteiger partial charge in [-0.15, -0.1) is 0 Å². The SMILES string of the molecule is CC[C@H](C)[C@H](NC(=O)[C@H](CCCCN)NC(=O)[C@H](CC(N)=O)NC(=O)[C@H](C)NC(C)=O)C(=O)N[C@@H](CO)C(=O)N[C@@H](Cc1ccc(O)cc1)C(=O)N[C@@H](CCC(N)=O)C(=O)N[C@@H](CO)C(=O)N[C@@H](Cc1ccccc1)C(=O)N[C@@H](CO)C(=O)N[C@H](C(=O)N[C@@H](CCC(=O)O)C(N)=O)[C@@H](C)O. The summed E-state index contributed by atoms with van der Waals surface area (Å²) in [6.07, 6.45) is -4.90. The first-order chi connectivity index (χ1) is 47.1. The molecule has 0 aromatic heterocycles. The number of phenolic OH excluding ortho intramolecular Hbond substituents is 1. The number of hydrogen-bond donors (Lipinski definition) is 22. The number of carboxylic acid groups (broad SMARTS) is 1. The highest BCUT2D eigenvalue weighted by molar-refractivity contribution is 6.00. The van der Waals surface area contributed by atoms with Crippen LogP contribution in [0.1, 0.15) is 104 Å². The minimum atomic E-state index is -1.99. The molecule has 14 atom stereocenters. The number of nitrogens with one attached hydrogen (secondary N) is 12. The summed E-state index contributed by atoms with van der Waals surface area (Å²) in [5.74, 6) is -18.7. The average molecular weight is 1420 g/mol. The van der Waals surface area contributed by atoms with Crippen molar-refractivity contribution in [1.29, 1.82) is 0 Å². The monoisotopic (exact) mass is 1410 g/mol. The van der Waals surface area contributed by atoms with Gasteiger partial charge in [0.1, 0.15) is 78.3 Å². The van der Waals surface area contributed by atoms with Gasteiger partial charge in [-0.05, 0) is 81.7 Å². The molecule has 0 saturated heterocycles. The Kier molecular flexibility index (Phi) is 37.5. The standard InChI is InChI=1S/C62H94N16O22/c1-6-30(2)49(77-54(92)38(14-10-11-23-63)69-57(95)42(26-47(65)86)71-52(90)31(3)67-33(5)83)61(99)76-44(28-80)59(97)73-41(25-35-15-17-36(84)18-16-35)55(93)70-39(19-21-46(64)85)53(91)74-43(27-79)58(96)72-40(24-34-12-8-7-9-13-34)56(94)75-45(29-81)60(98)78-50(32(4)82)62(100)68-37(51(66)89)20-22-48(87)88/h7-9,12-13,15-18,30-32,37-45,49-50,79-82,84H,6,10-11,14,19-29,63H2,1-5H3,(H2,64,85)(H2,65,86)(H2,66,89)(H,67,83)(H,68,100)(H,69,95)(H,70,93)(H,71,90)(H,72,96)(H,73,97)(H,74,91)(H,75,94)(H,76,99)(H,77,92)(H,78,98)(H,87,88)/t30-,31-,32+,37-,38-,39-,40-,41-,42-,43-,44-,45-,49-,50-/m0/s1. The van der Waals surface area contributed by atoms with Crippen LogP contribution in [0.3, 0.4) is 0 Å². The van der Waals surface area contributed by atoms with Crippen LogP contribution in [-0.4, -0.2) is 230 Å². The first-order valence-electron chi connectivity index (χ1n) is 31.8. The van der Waals surface area contributed by atoms with Gasteiger partial charge in [-0.3, -0.25) is 76.7 Å². The minimum Gasteiger partial charge on any atom is -0.508 e. The third-order valence-corrected chi connectivity index (χ3v) is 15.3. The molecule has 0 saturated carbocycles. The van der Waals surface area contributed by atoms with Crippen molar-refractivity contribution in [2.24, 2.45) is 28.9 Å². The van der Waals surface area contributed by atoms with Crippen LogP contribution in [0.4, 0.5) is 0 Å². The second-order valence-electron chi connectivity index (χ2n) is 23.5.